The number of piperidine rings is 1. The summed E-state index contributed by atoms with van der Waals surface area (Å²) in [7, 11) is 1.78. The highest BCUT2D eigenvalue weighted by Gasteiger charge is 2.50. The van der Waals surface area contributed by atoms with Crippen molar-refractivity contribution in [2.75, 3.05) is 25.0 Å². The summed E-state index contributed by atoms with van der Waals surface area (Å²) in [4.78, 5) is 20.1. The van der Waals surface area contributed by atoms with E-state index < -0.39 is 17.0 Å². The second-order valence-electron chi connectivity index (χ2n) is 11.5. The Morgan fingerprint density at radius 3 is 2.70 bits per heavy atom. The zero-order valence-electron chi connectivity index (χ0n) is 20.9. The van der Waals surface area contributed by atoms with Crippen LogP contribution < -0.4 is 5.32 Å². The number of carbonyl (C=O) groups is 1. The maximum atomic E-state index is 13.5. The molecule has 2 saturated carbocycles. The predicted molar refractivity (Wildman–Crippen MR) is 138 cm³/mol. The van der Waals surface area contributed by atoms with Crippen LogP contribution in [0.2, 0.25) is 5.02 Å². The molecule has 1 aromatic carbocycles. The molecule has 37 heavy (non-hydrogen) atoms. The fraction of sp³-hybridized carbons (Fsp3) is 0.571. The summed E-state index contributed by atoms with van der Waals surface area (Å²) >= 11 is 5.87. The van der Waals surface area contributed by atoms with Gasteiger partial charge in [0.1, 0.15) is 22.7 Å². The zero-order chi connectivity index (χ0) is 25.9. The van der Waals surface area contributed by atoms with Crippen molar-refractivity contribution in [1.82, 2.24) is 14.5 Å². The van der Waals surface area contributed by atoms with Gasteiger partial charge in [0.2, 0.25) is 0 Å². The molecular weight excluding hydrogens is 495 g/mol. The maximum absolute atomic E-state index is 13.5. The number of hydrogen-bond acceptors (Lipinski definition) is 5. The van der Waals surface area contributed by atoms with Crippen LogP contribution >= 0.6 is 11.6 Å². The van der Waals surface area contributed by atoms with Crippen molar-refractivity contribution in [3.8, 4) is 11.8 Å². The fourth-order valence-corrected chi connectivity index (χ4v) is 7.30. The molecule has 7 nitrogen and oxygen atoms in total. The molecule has 5 atom stereocenters. The molecule has 2 saturated heterocycles. The summed E-state index contributed by atoms with van der Waals surface area (Å²) in [6, 6.07) is 4.09. The fourth-order valence-electron chi connectivity index (χ4n) is 7.12. The Kier molecular flexibility index (Phi) is 6.11. The largest absolute Gasteiger partial charge is 0.378 e. The lowest BCUT2D eigenvalue weighted by Gasteiger charge is -2.35. The third-order valence-electron chi connectivity index (χ3n) is 9.05. The number of rotatable bonds is 3. The average Bonchev–Trinajstić information content (AvgIpc) is 3.60. The summed E-state index contributed by atoms with van der Waals surface area (Å²) in [6.45, 7) is 2.78. The Hall–Kier alpha value is -2.44. The van der Waals surface area contributed by atoms with Crippen LogP contribution in [0.4, 0.5) is 10.1 Å². The number of halogens is 2. The van der Waals surface area contributed by atoms with Crippen molar-refractivity contribution >= 4 is 23.2 Å². The highest BCUT2D eigenvalue weighted by atomic mass is 35.5. The number of aryl methyl sites for hydroxylation is 1. The number of imidazole rings is 1. The third kappa shape index (κ3) is 4.57. The molecule has 6 rings (SSSR count). The number of benzene rings is 1. The van der Waals surface area contributed by atoms with Crippen LogP contribution in [0, 0.1) is 35.4 Å². The number of amides is 1. The third-order valence-corrected chi connectivity index (χ3v) is 9.34. The Morgan fingerprint density at radius 2 is 1.97 bits per heavy atom. The van der Waals surface area contributed by atoms with Crippen LogP contribution in [0.5, 0.6) is 0 Å². The van der Waals surface area contributed by atoms with Crippen molar-refractivity contribution < 1.29 is 19.4 Å². The van der Waals surface area contributed by atoms with Gasteiger partial charge in [-0.2, -0.15) is 0 Å². The number of hydrogen-bond donors (Lipinski definition) is 3. The second-order valence-corrected chi connectivity index (χ2v) is 11.9. The molecule has 1 amide bonds. The Bertz CT molecular complexity index is 1290. The van der Waals surface area contributed by atoms with Crippen LogP contribution in [0.3, 0.4) is 0 Å². The molecular formula is C28H32ClFN4O3. The predicted octanol–water partition coefficient (Wildman–Crippen LogP) is 3.56. The molecule has 2 aliphatic carbocycles. The molecule has 196 valence electrons. The molecule has 4 fully saturated rings. The van der Waals surface area contributed by atoms with Crippen molar-refractivity contribution in [3.05, 3.63) is 46.8 Å². The molecule has 3 heterocycles. The smallest absolute Gasteiger partial charge is 0.274 e. The van der Waals surface area contributed by atoms with Gasteiger partial charge in [-0.05, 0) is 68.7 Å². The van der Waals surface area contributed by atoms with E-state index in [1.54, 1.807) is 17.9 Å². The van der Waals surface area contributed by atoms with Gasteiger partial charge < -0.3 is 25.0 Å². The molecule has 3 N–H and O–H groups in total. The van der Waals surface area contributed by atoms with E-state index in [2.05, 4.69) is 27.0 Å². The summed E-state index contributed by atoms with van der Waals surface area (Å²) in [5, 5.41) is 25.2. The average molecular weight is 527 g/mol. The van der Waals surface area contributed by atoms with Gasteiger partial charge in [0.15, 0.2) is 0 Å². The minimum Gasteiger partial charge on any atom is -0.378 e. The van der Waals surface area contributed by atoms with Gasteiger partial charge >= 0.3 is 0 Å². The van der Waals surface area contributed by atoms with E-state index in [0.717, 1.165) is 44.6 Å². The number of nitrogens with one attached hydrogen (secondary N) is 1. The lowest BCUT2D eigenvalue weighted by Crippen LogP contribution is -2.45. The SMILES string of the molecule is Cn1cnc(C2CC3CC(O)(C#CC4(O)CCN5CCC4C5)CC3C2)c1C(=O)Nc1ccc(F)c(Cl)c1. The van der Waals surface area contributed by atoms with Crippen LogP contribution in [0.15, 0.2) is 24.5 Å². The molecule has 5 unspecified atom stereocenters. The lowest BCUT2D eigenvalue weighted by atomic mass is 9.82. The van der Waals surface area contributed by atoms with E-state index in [9.17, 15) is 19.4 Å². The molecule has 2 aliphatic heterocycles. The van der Waals surface area contributed by atoms with Crippen molar-refractivity contribution in [3.63, 3.8) is 0 Å². The van der Waals surface area contributed by atoms with Crippen molar-refractivity contribution in [1.29, 1.82) is 0 Å². The quantitative estimate of drug-likeness (QED) is 0.532. The molecule has 2 bridgehead atoms. The topological polar surface area (TPSA) is 90.6 Å². The standard InChI is InChI=1S/C28H32ClFN4O3/c1-33-16-31-24(25(33)26(35)32-21-2-3-23(30)22(29)12-21)17-10-18-13-27(36,14-19(18)11-17)5-6-28(37)7-9-34-8-4-20(28)15-34/h2-3,12,16-20,36-37H,4,7-11,13-15H2,1H3,(H,32,35). The van der Waals surface area contributed by atoms with Gasteiger partial charge in [0, 0.05) is 44.1 Å². The van der Waals surface area contributed by atoms with Crippen LogP contribution in [0.1, 0.15) is 60.6 Å². The number of anilines is 1. The van der Waals surface area contributed by atoms with Gasteiger partial charge in [-0.25, -0.2) is 9.37 Å². The van der Waals surface area contributed by atoms with Crippen molar-refractivity contribution in [2.24, 2.45) is 24.8 Å². The van der Waals surface area contributed by atoms with Crippen LogP contribution in [-0.2, 0) is 7.05 Å². The minimum atomic E-state index is -1.07. The van der Waals surface area contributed by atoms with Gasteiger partial charge in [-0.3, -0.25) is 4.79 Å². The number of carbonyl (C=O) groups excluding carboxylic acids is 1. The Balaban J connectivity index is 1.14. The number of nitrogens with zero attached hydrogens (tertiary/aromatic N) is 3. The first-order chi connectivity index (χ1) is 17.6. The maximum Gasteiger partial charge on any atom is 0.274 e. The Labute approximate surface area is 221 Å². The summed E-state index contributed by atoms with van der Waals surface area (Å²) in [5.41, 5.74) is -0.420. The monoisotopic (exact) mass is 526 g/mol. The van der Waals surface area contributed by atoms with Gasteiger partial charge in [0.05, 0.1) is 17.0 Å². The Morgan fingerprint density at radius 1 is 1.22 bits per heavy atom. The van der Waals surface area contributed by atoms with E-state index in [4.69, 9.17) is 11.6 Å². The first-order valence-electron chi connectivity index (χ1n) is 13.1. The molecule has 2 aromatic rings. The van der Waals surface area contributed by atoms with E-state index in [1.165, 1.54) is 18.2 Å². The molecule has 4 aliphatic rings. The number of aliphatic hydroxyl groups is 2. The number of fused-ring (bicyclic) bond motifs is 3. The van der Waals surface area contributed by atoms with E-state index >= 15 is 0 Å². The second kappa shape index (κ2) is 9.09. The summed E-state index contributed by atoms with van der Waals surface area (Å²) in [6.07, 6.45) is 6.07. The van der Waals surface area contributed by atoms with Crippen LogP contribution in [-0.4, -0.2) is 61.4 Å². The molecule has 1 aromatic heterocycles. The zero-order valence-corrected chi connectivity index (χ0v) is 21.6. The van der Waals surface area contributed by atoms with Crippen LogP contribution in [0.25, 0.3) is 0 Å². The number of aromatic nitrogens is 2. The molecule has 9 heteroatoms. The van der Waals surface area contributed by atoms with E-state index in [1.807, 2.05) is 0 Å². The van der Waals surface area contributed by atoms with Gasteiger partial charge in [-0.1, -0.05) is 23.4 Å². The molecule has 0 radical (unpaired) electrons. The normalized spacial score (nSPS) is 36.2. The van der Waals surface area contributed by atoms with E-state index in [0.29, 0.717) is 42.5 Å². The van der Waals surface area contributed by atoms with E-state index in [-0.39, 0.29) is 22.8 Å². The first-order valence-corrected chi connectivity index (χ1v) is 13.5. The highest BCUT2D eigenvalue weighted by molar-refractivity contribution is 6.31. The van der Waals surface area contributed by atoms with Gasteiger partial charge in [0.25, 0.3) is 5.91 Å². The summed E-state index contributed by atoms with van der Waals surface area (Å²) < 4.78 is 15.2. The minimum absolute atomic E-state index is 0.0527. The summed E-state index contributed by atoms with van der Waals surface area (Å²) in [5.74, 6) is 6.25. The molecule has 0 spiro atoms. The lowest BCUT2D eigenvalue weighted by molar-refractivity contribution is 0.00561. The van der Waals surface area contributed by atoms with Crippen molar-refractivity contribution in [2.45, 2.75) is 55.6 Å². The highest BCUT2D eigenvalue weighted by Crippen LogP contribution is 2.54. The van der Waals surface area contributed by atoms with Gasteiger partial charge in [-0.15, -0.1) is 0 Å². The first kappa shape index (κ1) is 24.9.